The van der Waals surface area contributed by atoms with Gasteiger partial charge in [-0.2, -0.15) is 0 Å². The summed E-state index contributed by atoms with van der Waals surface area (Å²) in [6, 6.07) is 0. The Balaban J connectivity index is 2.67. The average Bonchev–Trinajstić information content (AvgIpc) is 2.29. The molecule has 1 saturated carbocycles. The molecule has 1 aliphatic carbocycles. The molecule has 1 fully saturated rings. The summed E-state index contributed by atoms with van der Waals surface area (Å²) in [5.74, 6) is 0.874. The van der Waals surface area contributed by atoms with Crippen molar-refractivity contribution in [3.05, 3.63) is 0 Å². The van der Waals surface area contributed by atoms with E-state index in [9.17, 15) is 8.42 Å². The van der Waals surface area contributed by atoms with Gasteiger partial charge in [-0.25, -0.2) is 8.42 Å². The van der Waals surface area contributed by atoms with Gasteiger partial charge in [0.2, 0.25) is 0 Å². The van der Waals surface area contributed by atoms with Crippen LogP contribution in [0.3, 0.4) is 0 Å². The lowest BCUT2D eigenvalue weighted by molar-refractivity contribution is 0.429. The molecule has 0 aromatic carbocycles. The van der Waals surface area contributed by atoms with Crippen molar-refractivity contribution in [3.63, 3.8) is 0 Å². The molecule has 1 rings (SSSR count). The lowest BCUT2D eigenvalue weighted by atomic mass is 9.99. The van der Waals surface area contributed by atoms with E-state index in [4.69, 9.17) is 5.73 Å². The van der Waals surface area contributed by atoms with Gasteiger partial charge < -0.3 is 5.73 Å². The number of sulfone groups is 1. The van der Waals surface area contributed by atoms with E-state index in [0.717, 1.165) is 12.8 Å². The molecule has 3 nitrogen and oxygen atoms in total. The molecular weight excluding hydrogens is 174 g/mol. The largest absolute Gasteiger partial charge is 0.330 e. The quantitative estimate of drug-likeness (QED) is 0.687. The van der Waals surface area contributed by atoms with Gasteiger partial charge in [0.05, 0.1) is 5.25 Å². The second kappa shape index (κ2) is 3.34. The second-order valence-electron chi connectivity index (χ2n) is 3.90. The number of hydrogen-bond acceptors (Lipinski definition) is 3. The molecule has 1 aliphatic rings. The highest BCUT2D eigenvalue weighted by Gasteiger charge is 2.35. The van der Waals surface area contributed by atoms with Crippen molar-refractivity contribution in [1.82, 2.24) is 0 Å². The van der Waals surface area contributed by atoms with Gasteiger partial charge >= 0.3 is 0 Å². The van der Waals surface area contributed by atoms with Crippen LogP contribution in [0, 0.1) is 11.8 Å². The Bertz CT molecular complexity index is 248. The van der Waals surface area contributed by atoms with Gasteiger partial charge in [0.1, 0.15) is 9.84 Å². The van der Waals surface area contributed by atoms with Crippen LogP contribution in [0.4, 0.5) is 0 Å². The molecule has 2 N–H and O–H groups in total. The number of hydrogen-bond donors (Lipinski definition) is 1. The molecule has 0 aliphatic heterocycles. The minimum atomic E-state index is -2.83. The minimum absolute atomic E-state index is 0.138. The summed E-state index contributed by atoms with van der Waals surface area (Å²) < 4.78 is 22.4. The summed E-state index contributed by atoms with van der Waals surface area (Å²) in [5.41, 5.74) is 5.53. The molecule has 12 heavy (non-hydrogen) atoms. The summed E-state index contributed by atoms with van der Waals surface area (Å²) in [7, 11) is -2.83. The third-order valence-corrected chi connectivity index (χ3v) is 4.51. The smallest absolute Gasteiger partial charge is 0.150 e. The molecule has 3 atom stereocenters. The van der Waals surface area contributed by atoms with E-state index in [1.54, 1.807) is 0 Å². The molecular formula is C8H17NO2S. The van der Waals surface area contributed by atoms with E-state index in [0.29, 0.717) is 18.4 Å². The summed E-state index contributed by atoms with van der Waals surface area (Å²) >= 11 is 0. The van der Waals surface area contributed by atoms with Gasteiger partial charge in [0, 0.05) is 6.26 Å². The van der Waals surface area contributed by atoms with Crippen LogP contribution < -0.4 is 5.73 Å². The van der Waals surface area contributed by atoms with E-state index in [-0.39, 0.29) is 5.25 Å². The molecule has 0 radical (unpaired) electrons. The SMILES string of the molecule is C[C@H]1C[C@H](S(C)(=O)=O)C[C@@H]1CN. The Morgan fingerprint density at radius 3 is 2.25 bits per heavy atom. The maximum atomic E-state index is 11.2. The highest BCUT2D eigenvalue weighted by Crippen LogP contribution is 2.34. The first-order valence-corrected chi connectivity index (χ1v) is 6.29. The molecule has 0 aromatic rings. The number of nitrogens with two attached hydrogens (primary N) is 1. The summed E-state index contributed by atoms with van der Waals surface area (Å²) in [6.45, 7) is 2.70. The molecule has 72 valence electrons. The normalized spacial score (nSPS) is 37.1. The first kappa shape index (κ1) is 9.99. The molecule has 0 bridgehead atoms. The van der Waals surface area contributed by atoms with Gasteiger partial charge in [0.15, 0.2) is 0 Å². The van der Waals surface area contributed by atoms with Crippen LogP contribution in [0.2, 0.25) is 0 Å². The molecule has 0 heterocycles. The highest BCUT2D eigenvalue weighted by atomic mass is 32.2. The zero-order chi connectivity index (χ0) is 9.35. The van der Waals surface area contributed by atoms with Crippen molar-refractivity contribution in [3.8, 4) is 0 Å². The van der Waals surface area contributed by atoms with Crippen LogP contribution in [-0.4, -0.2) is 26.5 Å². The summed E-state index contributed by atoms with van der Waals surface area (Å²) in [5, 5.41) is -0.138. The number of rotatable bonds is 2. The average molecular weight is 191 g/mol. The van der Waals surface area contributed by atoms with Crippen molar-refractivity contribution >= 4 is 9.84 Å². The standard InChI is InChI=1S/C8H17NO2S/c1-6-3-8(12(2,10)11)4-7(6)5-9/h6-8H,3-5,9H2,1-2H3/t6-,7+,8-/m0/s1. The van der Waals surface area contributed by atoms with Crippen LogP contribution >= 0.6 is 0 Å². The van der Waals surface area contributed by atoms with Crippen LogP contribution in [-0.2, 0) is 9.84 Å². The van der Waals surface area contributed by atoms with Gasteiger partial charge in [-0.1, -0.05) is 6.92 Å². The predicted molar refractivity (Wildman–Crippen MR) is 49.6 cm³/mol. The molecule has 0 saturated heterocycles. The van der Waals surface area contributed by atoms with Crippen LogP contribution in [0.1, 0.15) is 19.8 Å². The molecule has 0 unspecified atom stereocenters. The minimum Gasteiger partial charge on any atom is -0.330 e. The maximum Gasteiger partial charge on any atom is 0.150 e. The Morgan fingerprint density at radius 1 is 1.42 bits per heavy atom. The first-order chi connectivity index (χ1) is 5.45. The third kappa shape index (κ3) is 1.98. The van der Waals surface area contributed by atoms with Gasteiger partial charge in [-0.05, 0) is 31.2 Å². The lowest BCUT2D eigenvalue weighted by Crippen LogP contribution is -2.18. The highest BCUT2D eigenvalue weighted by molar-refractivity contribution is 7.91. The van der Waals surface area contributed by atoms with Crippen molar-refractivity contribution < 1.29 is 8.42 Å². The Morgan fingerprint density at radius 2 is 2.00 bits per heavy atom. The fourth-order valence-corrected chi connectivity index (χ4v) is 3.20. The molecule has 4 heteroatoms. The fourth-order valence-electron chi connectivity index (χ4n) is 1.95. The van der Waals surface area contributed by atoms with E-state index in [1.165, 1.54) is 6.26 Å². The van der Waals surface area contributed by atoms with Crippen molar-refractivity contribution in [2.45, 2.75) is 25.0 Å². The van der Waals surface area contributed by atoms with Gasteiger partial charge in [-0.15, -0.1) is 0 Å². The van der Waals surface area contributed by atoms with E-state index < -0.39 is 9.84 Å². The van der Waals surface area contributed by atoms with Crippen LogP contribution in [0.25, 0.3) is 0 Å². The van der Waals surface area contributed by atoms with Crippen molar-refractivity contribution in [1.29, 1.82) is 0 Å². The Hall–Kier alpha value is -0.0900. The second-order valence-corrected chi connectivity index (χ2v) is 6.22. The zero-order valence-corrected chi connectivity index (χ0v) is 8.47. The fraction of sp³-hybridized carbons (Fsp3) is 1.00. The predicted octanol–water partition coefficient (Wildman–Crippen LogP) is 0.404. The van der Waals surface area contributed by atoms with E-state index in [1.807, 2.05) is 0 Å². The van der Waals surface area contributed by atoms with Gasteiger partial charge in [-0.3, -0.25) is 0 Å². The summed E-state index contributed by atoms with van der Waals surface area (Å²) in [6.07, 6.45) is 2.88. The molecule has 0 spiro atoms. The van der Waals surface area contributed by atoms with Gasteiger partial charge in [0.25, 0.3) is 0 Å². The van der Waals surface area contributed by atoms with Crippen molar-refractivity contribution in [2.75, 3.05) is 12.8 Å². The van der Waals surface area contributed by atoms with Crippen LogP contribution in [0.15, 0.2) is 0 Å². The first-order valence-electron chi connectivity index (χ1n) is 4.34. The maximum absolute atomic E-state index is 11.2. The van der Waals surface area contributed by atoms with E-state index in [2.05, 4.69) is 6.92 Å². The topological polar surface area (TPSA) is 60.2 Å². The van der Waals surface area contributed by atoms with Crippen molar-refractivity contribution in [2.24, 2.45) is 17.6 Å². The molecule has 0 aromatic heterocycles. The summed E-state index contributed by atoms with van der Waals surface area (Å²) in [4.78, 5) is 0. The lowest BCUT2D eigenvalue weighted by Gasteiger charge is -2.10. The monoisotopic (exact) mass is 191 g/mol. The third-order valence-electron chi connectivity index (χ3n) is 2.91. The molecule has 0 amide bonds. The van der Waals surface area contributed by atoms with E-state index >= 15 is 0 Å². The zero-order valence-electron chi connectivity index (χ0n) is 7.66. The Labute approximate surface area is 74.3 Å². The Kier molecular flexibility index (Phi) is 2.78. The van der Waals surface area contributed by atoms with Crippen LogP contribution in [0.5, 0.6) is 0 Å².